The van der Waals surface area contributed by atoms with Gasteiger partial charge < -0.3 is 21.1 Å². The molecule has 5 aromatic rings. The van der Waals surface area contributed by atoms with Crippen LogP contribution in [-0.4, -0.2) is 42.2 Å². The lowest BCUT2D eigenvalue weighted by molar-refractivity contribution is 0.100. The molecule has 0 radical (unpaired) electrons. The fourth-order valence-electron chi connectivity index (χ4n) is 4.69. The molecule has 8 heteroatoms. The summed E-state index contributed by atoms with van der Waals surface area (Å²) in [4.78, 5) is 20.6. The number of nitrogens with two attached hydrogens (primary N) is 1. The minimum atomic E-state index is -0.477. The van der Waals surface area contributed by atoms with Crippen LogP contribution in [0.1, 0.15) is 28.8 Å². The summed E-state index contributed by atoms with van der Waals surface area (Å²) in [5.74, 6) is 0.256. The first-order valence-electron chi connectivity index (χ1n) is 13.4. The standard InChI is InChI=1S/C32H32ClN5O2/c33-29-18-22(8-10-25(29)23-6-2-1-3-7-23)20-35-13-4-5-16-40-17-15-37-32-27-12-14-36-21-28(27)26-11-9-24(31(34)39)19-30(26)38-32/h1-3,6-12,14,18-19,21,35H,4-5,13,15-17,20H2,(H2,34,39)(H,37,38). The molecule has 40 heavy (non-hydrogen) atoms. The number of hydrogen-bond donors (Lipinski definition) is 3. The van der Waals surface area contributed by atoms with Crippen molar-refractivity contribution in [2.45, 2.75) is 19.4 Å². The van der Waals surface area contributed by atoms with Crippen molar-refractivity contribution in [3.05, 3.63) is 101 Å². The van der Waals surface area contributed by atoms with E-state index < -0.39 is 5.91 Å². The predicted octanol–water partition coefficient (Wildman–Crippen LogP) is 6.20. The summed E-state index contributed by atoms with van der Waals surface area (Å²) in [7, 11) is 0. The van der Waals surface area contributed by atoms with Crippen molar-refractivity contribution in [3.63, 3.8) is 0 Å². The largest absolute Gasteiger partial charge is 0.380 e. The normalized spacial score (nSPS) is 11.2. The van der Waals surface area contributed by atoms with Crippen molar-refractivity contribution in [2.24, 2.45) is 5.73 Å². The lowest BCUT2D eigenvalue weighted by atomic mass is 10.0. The second-order valence-electron chi connectivity index (χ2n) is 9.58. The van der Waals surface area contributed by atoms with Crippen LogP contribution < -0.4 is 16.4 Å². The minimum absolute atomic E-state index is 0.428. The Morgan fingerprint density at radius 3 is 2.60 bits per heavy atom. The highest BCUT2D eigenvalue weighted by Crippen LogP contribution is 2.30. The van der Waals surface area contributed by atoms with Crippen LogP contribution in [0.3, 0.4) is 0 Å². The number of pyridine rings is 2. The number of benzene rings is 3. The number of carbonyl (C=O) groups is 1. The first-order valence-corrected chi connectivity index (χ1v) is 13.8. The van der Waals surface area contributed by atoms with Gasteiger partial charge in [-0.15, -0.1) is 0 Å². The first-order chi connectivity index (χ1) is 19.6. The number of halogens is 1. The van der Waals surface area contributed by atoms with Gasteiger partial charge in [0.25, 0.3) is 0 Å². The van der Waals surface area contributed by atoms with E-state index in [4.69, 9.17) is 27.1 Å². The van der Waals surface area contributed by atoms with E-state index in [1.807, 2.05) is 42.6 Å². The van der Waals surface area contributed by atoms with Crippen LogP contribution in [0.5, 0.6) is 0 Å². The Morgan fingerprint density at radius 2 is 1.77 bits per heavy atom. The predicted molar refractivity (Wildman–Crippen MR) is 163 cm³/mol. The van der Waals surface area contributed by atoms with Crippen LogP contribution in [0, 0.1) is 0 Å². The number of primary amides is 1. The number of nitrogens with one attached hydrogen (secondary N) is 2. The quantitative estimate of drug-likeness (QED) is 0.118. The molecular weight excluding hydrogens is 522 g/mol. The molecule has 0 bridgehead atoms. The van der Waals surface area contributed by atoms with E-state index in [-0.39, 0.29) is 0 Å². The molecule has 0 fully saturated rings. The molecule has 0 aliphatic carbocycles. The van der Waals surface area contributed by atoms with E-state index in [1.165, 1.54) is 5.56 Å². The molecule has 1 amide bonds. The van der Waals surface area contributed by atoms with Crippen molar-refractivity contribution in [1.82, 2.24) is 15.3 Å². The molecule has 7 nitrogen and oxygen atoms in total. The number of hydrogen-bond acceptors (Lipinski definition) is 6. The summed E-state index contributed by atoms with van der Waals surface area (Å²) in [5, 5.41) is 10.5. The molecule has 0 unspecified atom stereocenters. The molecule has 2 aromatic heterocycles. The van der Waals surface area contributed by atoms with Crippen molar-refractivity contribution < 1.29 is 9.53 Å². The molecular formula is C32H32ClN5O2. The number of nitrogens with zero attached hydrogens (tertiary/aromatic N) is 2. The highest BCUT2D eigenvalue weighted by atomic mass is 35.5. The highest BCUT2D eigenvalue weighted by molar-refractivity contribution is 6.33. The zero-order valence-corrected chi connectivity index (χ0v) is 23.0. The lowest BCUT2D eigenvalue weighted by Crippen LogP contribution is -2.16. The van der Waals surface area contributed by atoms with Gasteiger partial charge in [0.15, 0.2) is 0 Å². The van der Waals surface area contributed by atoms with Gasteiger partial charge in [-0.05, 0) is 54.8 Å². The second-order valence-corrected chi connectivity index (χ2v) is 9.99. The molecule has 0 saturated heterocycles. The molecule has 0 saturated carbocycles. The maximum Gasteiger partial charge on any atom is 0.248 e. The number of aromatic nitrogens is 2. The average molecular weight is 554 g/mol. The Balaban J connectivity index is 1.02. The number of unbranched alkanes of at least 4 members (excludes halogenated alkanes) is 1. The van der Waals surface area contributed by atoms with Gasteiger partial charge >= 0.3 is 0 Å². The van der Waals surface area contributed by atoms with Crippen molar-refractivity contribution in [3.8, 4) is 11.1 Å². The molecule has 0 spiro atoms. The van der Waals surface area contributed by atoms with E-state index >= 15 is 0 Å². The topological polar surface area (TPSA) is 102 Å². The summed E-state index contributed by atoms with van der Waals surface area (Å²) < 4.78 is 5.83. The van der Waals surface area contributed by atoms with Gasteiger partial charge in [-0.1, -0.05) is 60.1 Å². The van der Waals surface area contributed by atoms with Crippen LogP contribution in [0.25, 0.3) is 32.8 Å². The van der Waals surface area contributed by atoms with Crippen LogP contribution in [-0.2, 0) is 11.3 Å². The van der Waals surface area contributed by atoms with Crippen molar-refractivity contribution in [2.75, 3.05) is 31.6 Å². The molecule has 0 aliphatic rings. The fraction of sp³-hybridized carbons (Fsp3) is 0.219. The smallest absolute Gasteiger partial charge is 0.248 e. The molecule has 3 aromatic carbocycles. The van der Waals surface area contributed by atoms with Crippen LogP contribution in [0.4, 0.5) is 5.82 Å². The van der Waals surface area contributed by atoms with E-state index in [0.717, 1.165) is 64.1 Å². The van der Waals surface area contributed by atoms with Gasteiger partial charge in [-0.25, -0.2) is 4.98 Å². The zero-order chi connectivity index (χ0) is 27.7. The highest BCUT2D eigenvalue weighted by Gasteiger charge is 2.10. The number of carbonyl (C=O) groups excluding carboxylic acids is 1. The van der Waals surface area contributed by atoms with Gasteiger partial charge in [0.05, 0.1) is 12.1 Å². The van der Waals surface area contributed by atoms with Crippen LogP contribution in [0.15, 0.2) is 85.2 Å². The second kappa shape index (κ2) is 13.3. The third kappa shape index (κ3) is 6.74. The van der Waals surface area contributed by atoms with Gasteiger partial charge in [0.1, 0.15) is 5.82 Å². The molecule has 0 aliphatic heterocycles. The average Bonchev–Trinajstić information content (AvgIpc) is 2.98. The van der Waals surface area contributed by atoms with E-state index in [1.54, 1.807) is 18.3 Å². The van der Waals surface area contributed by atoms with Gasteiger partial charge in [0, 0.05) is 64.4 Å². The zero-order valence-electron chi connectivity index (χ0n) is 22.2. The summed E-state index contributed by atoms with van der Waals surface area (Å²) in [6.07, 6.45) is 5.56. The van der Waals surface area contributed by atoms with E-state index in [9.17, 15) is 4.79 Å². The summed E-state index contributed by atoms with van der Waals surface area (Å²) >= 11 is 6.52. The van der Waals surface area contributed by atoms with Crippen LogP contribution >= 0.6 is 11.6 Å². The first kappa shape index (κ1) is 27.5. The van der Waals surface area contributed by atoms with Gasteiger partial charge in [-0.2, -0.15) is 0 Å². The van der Waals surface area contributed by atoms with Gasteiger partial charge in [0.2, 0.25) is 5.91 Å². The Bertz CT molecular complexity index is 1610. The lowest BCUT2D eigenvalue weighted by Gasteiger charge is -2.12. The Labute approximate surface area is 238 Å². The Morgan fingerprint density at radius 1 is 0.900 bits per heavy atom. The number of fused-ring (bicyclic) bond motifs is 3. The van der Waals surface area contributed by atoms with E-state index in [0.29, 0.717) is 30.8 Å². The summed E-state index contributed by atoms with van der Waals surface area (Å²) in [5.41, 5.74) is 9.93. The van der Waals surface area contributed by atoms with E-state index in [2.05, 4.69) is 39.9 Å². The maximum atomic E-state index is 11.6. The number of anilines is 1. The Hall–Kier alpha value is -4.04. The number of rotatable bonds is 13. The third-order valence-electron chi connectivity index (χ3n) is 6.76. The Kier molecular flexibility index (Phi) is 9.18. The molecule has 2 heterocycles. The number of ether oxygens (including phenoxy) is 1. The summed E-state index contributed by atoms with van der Waals surface area (Å²) in [6, 6.07) is 23.7. The molecule has 204 valence electrons. The van der Waals surface area contributed by atoms with Gasteiger partial charge in [-0.3, -0.25) is 9.78 Å². The summed E-state index contributed by atoms with van der Waals surface area (Å²) in [6.45, 7) is 3.56. The minimum Gasteiger partial charge on any atom is -0.380 e. The molecule has 4 N–H and O–H groups in total. The SMILES string of the molecule is NC(=O)c1ccc2c(c1)nc(NCCOCCCCNCc1ccc(-c3ccccc3)c(Cl)c1)c1ccncc12. The van der Waals surface area contributed by atoms with Crippen molar-refractivity contribution >= 4 is 45.0 Å². The van der Waals surface area contributed by atoms with Crippen molar-refractivity contribution in [1.29, 1.82) is 0 Å². The third-order valence-corrected chi connectivity index (χ3v) is 7.07. The fourth-order valence-corrected chi connectivity index (χ4v) is 5.00. The van der Waals surface area contributed by atoms with Crippen LogP contribution in [0.2, 0.25) is 5.02 Å². The maximum absolute atomic E-state index is 11.6. The molecule has 5 rings (SSSR count). The number of amides is 1. The monoisotopic (exact) mass is 553 g/mol. The molecule has 0 atom stereocenters.